The maximum absolute atomic E-state index is 13.1. The molecule has 1 aliphatic rings. The average molecular weight is 332 g/mol. The minimum absolute atomic E-state index is 0.00652. The number of hydrogen-bond donors (Lipinski definition) is 1. The smallest absolute Gasteiger partial charge is 0.416 e. The van der Waals surface area contributed by atoms with Crippen molar-refractivity contribution < 1.29 is 27.4 Å². The van der Waals surface area contributed by atoms with Gasteiger partial charge in [-0.1, -0.05) is 6.07 Å². The van der Waals surface area contributed by atoms with E-state index in [-0.39, 0.29) is 24.0 Å². The second-order valence-electron chi connectivity index (χ2n) is 5.31. The number of carbonyl (C=O) groups is 1. The van der Waals surface area contributed by atoms with E-state index in [1.165, 1.54) is 24.1 Å². The van der Waals surface area contributed by atoms with Gasteiger partial charge in [-0.2, -0.15) is 13.2 Å². The van der Waals surface area contributed by atoms with Gasteiger partial charge in [0.15, 0.2) is 0 Å². The first kappa shape index (κ1) is 17.4. The second-order valence-corrected chi connectivity index (χ2v) is 5.31. The minimum Gasteiger partial charge on any atom is -0.497 e. The molecule has 0 saturated carbocycles. The Morgan fingerprint density at radius 1 is 1.48 bits per heavy atom. The summed E-state index contributed by atoms with van der Waals surface area (Å²) in [7, 11) is 1.30. The normalized spacial score (nSPS) is 18.7. The Hall–Kier alpha value is -1.96. The van der Waals surface area contributed by atoms with Gasteiger partial charge < -0.3 is 19.7 Å². The summed E-state index contributed by atoms with van der Waals surface area (Å²) >= 11 is 0. The molecule has 1 fully saturated rings. The summed E-state index contributed by atoms with van der Waals surface area (Å²) in [5, 5.41) is 2.53. The SMILES string of the molecule is COc1ccc(CNC(=O)N2CCO[C@H](C)C2)c(C(F)(F)F)c1. The van der Waals surface area contributed by atoms with Crippen LogP contribution in [0.4, 0.5) is 18.0 Å². The predicted octanol–water partition coefficient (Wildman–Crippen LogP) is 2.64. The molecule has 2 amide bonds. The molecule has 1 aromatic rings. The molecule has 0 spiro atoms. The first-order chi connectivity index (χ1) is 10.8. The number of hydrogen-bond acceptors (Lipinski definition) is 3. The molecule has 8 heteroatoms. The number of carbonyl (C=O) groups excluding carboxylic acids is 1. The van der Waals surface area contributed by atoms with Crippen LogP contribution in [0, 0.1) is 0 Å². The Morgan fingerprint density at radius 2 is 2.22 bits per heavy atom. The number of nitrogens with zero attached hydrogens (tertiary/aromatic N) is 1. The minimum atomic E-state index is -4.51. The van der Waals surface area contributed by atoms with Gasteiger partial charge in [-0.3, -0.25) is 0 Å². The van der Waals surface area contributed by atoms with Crippen LogP contribution in [0.2, 0.25) is 0 Å². The van der Waals surface area contributed by atoms with Crippen molar-refractivity contribution in [3.63, 3.8) is 0 Å². The van der Waals surface area contributed by atoms with E-state index >= 15 is 0 Å². The van der Waals surface area contributed by atoms with Gasteiger partial charge in [0, 0.05) is 19.6 Å². The summed E-state index contributed by atoms with van der Waals surface area (Å²) in [5.41, 5.74) is -0.819. The molecule has 0 bridgehead atoms. The first-order valence-corrected chi connectivity index (χ1v) is 7.19. The van der Waals surface area contributed by atoms with Crippen molar-refractivity contribution in [2.24, 2.45) is 0 Å². The number of amides is 2. The Bertz CT molecular complexity index is 563. The second kappa shape index (κ2) is 7.08. The highest BCUT2D eigenvalue weighted by Crippen LogP contribution is 2.34. The summed E-state index contributed by atoms with van der Waals surface area (Å²) in [5.74, 6) is 0.120. The number of morpholine rings is 1. The van der Waals surface area contributed by atoms with E-state index in [1.807, 2.05) is 6.92 Å². The molecule has 5 nitrogen and oxygen atoms in total. The fraction of sp³-hybridized carbons (Fsp3) is 0.533. The van der Waals surface area contributed by atoms with Gasteiger partial charge in [-0.25, -0.2) is 4.79 Å². The van der Waals surface area contributed by atoms with Crippen LogP contribution in [0.5, 0.6) is 5.75 Å². The summed E-state index contributed by atoms with van der Waals surface area (Å²) in [6.07, 6.45) is -4.59. The Kier molecular flexibility index (Phi) is 5.35. The number of nitrogens with one attached hydrogen (secondary N) is 1. The van der Waals surface area contributed by atoms with Crippen LogP contribution in [-0.2, 0) is 17.5 Å². The maximum atomic E-state index is 13.1. The number of benzene rings is 1. The number of alkyl halides is 3. The van der Waals surface area contributed by atoms with Crippen LogP contribution in [0.25, 0.3) is 0 Å². The third-order valence-electron chi connectivity index (χ3n) is 3.58. The van der Waals surface area contributed by atoms with Gasteiger partial charge in [0.2, 0.25) is 0 Å². The molecule has 1 saturated heterocycles. The molecule has 0 radical (unpaired) electrons. The van der Waals surface area contributed by atoms with Crippen LogP contribution in [0.15, 0.2) is 18.2 Å². The van der Waals surface area contributed by atoms with E-state index < -0.39 is 17.8 Å². The van der Waals surface area contributed by atoms with Gasteiger partial charge in [0.1, 0.15) is 5.75 Å². The molecule has 1 atom stereocenters. The highest BCUT2D eigenvalue weighted by atomic mass is 19.4. The first-order valence-electron chi connectivity index (χ1n) is 7.19. The van der Waals surface area contributed by atoms with Crippen molar-refractivity contribution in [2.45, 2.75) is 25.7 Å². The van der Waals surface area contributed by atoms with Crippen molar-refractivity contribution in [3.05, 3.63) is 29.3 Å². The molecule has 1 N–H and O–H groups in total. The van der Waals surface area contributed by atoms with E-state index in [4.69, 9.17) is 9.47 Å². The molecular formula is C15H19F3N2O3. The zero-order valence-corrected chi connectivity index (χ0v) is 12.9. The summed E-state index contributed by atoms with van der Waals surface area (Å²) in [4.78, 5) is 13.6. The molecule has 0 aliphatic carbocycles. The fourth-order valence-electron chi connectivity index (χ4n) is 2.39. The standard InChI is InChI=1S/C15H19F3N2O3/c1-10-9-20(5-6-23-10)14(21)19-8-11-3-4-12(22-2)7-13(11)15(16,17)18/h3-4,7,10H,5-6,8-9H2,1-2H3,(H,19,21)/t10-/m1/s1. The lowest BCUT2D eigenvalue weighted by Gasteiger charge is -2.31. The lowest BCUT2D eigenvalue weighted by molar-refractivity contribution is -0.138. The Labute approximate surface area is 132 Å². The maximum Gasteiger partial charge on any atom is 0.416 e. The van der Waals surface area contributed by atoms with E-state index in [2.05, 4.69) is 5.32 Å². The number of urea groups is 1. The molecule has 0 aromatic heterocycles. The van der Waals surface area contributed by atoms with Gasteiger partial charge in [0.05, 0.1) is 25.4 Å². The van der Waals surface area contributed by atoms with E-state index in [0.29, 0.717) is 19.7 Å². The third kappa shape index (κ3) is 4.51. The van der Waals surface area contributed by atoms with E-state index in [9.17, 15) is 18.0 Å². The molecular weight excluding hydrogens is 313 g/mol. The lowest BCUT2D eigenvalue weighted by Crippen LogP contribution is -2.48. The van der Waals surface area contributed by atoms with Crippen LogP contribution in [0.3, 0.4) is 0 Å². The fourth-order valence-corrected chi connectivity index (χ4v) is 2.39. The van der Waals surface area contributed by atoms with Gasteiger partial charge in [-0.15, -0.1) is 0 Å². The van der Waals surface area contributed by atoms with Crippen LogP contribution < -0.4 is 10.1 Å². The quantitative estimate of drug-likeness (QED) is 0.926. The van der Waals surface area contributed by atoms with Crippen molar-refractivity contribution in [3.8, 4) is 5.75 Å². The van der Waals surface area contributed by atoms with E-state index in [0.717, 1.165) is 6.07 Å². The Morgan fingerprint density at radius 3 is 2.83 bits per heavy atom. The van der Waals surface area contributed by atoms with Crippen molar-refractivity contribution in [2.75, 3.05) is 26.8 Å². The largest absolute Gasteiger partial charge is 0.497 e. The van der Waals surface area contributed by atoms with Crippen molar-refractivity contribution in [1.29, 1.82) is 0 Å². The molecule has 1 aliphatic heterocycles. The van der Waals surface area contributed by atoms with Crippen molar-refractivity contribution in [1.82, 2.24) is 10.2 Å². The highest BCUT2D eigenvalue weighted by Gasteiger charge is 2.34. The van der Waals surface area contributed by atoms with E-state index in [1.54, 1.807) is 0 Å². The number of ether oxygens (including phenoxy) is 2. The number of halogens is 3. The Balaban J connectivity index is 2.06. The lowest BCUT2D eigenvalue weighted by atomic mass is 10.1. The monoisotopic (exact) mass is 332 g/mol. The van der Waals surface area contributed by atoms with Crippen LogP contribution >= 0.6 is 0 Å². The van der Waals surface area contributed by atoms with Crippen LogP contribution in [0.1, 0.15) is 18.1 Å². The van der Waals surface area contributed by atoms with Gasteiger partial charge in [0.25, 0.3) is 0 Å². The summed E-state index contributed by atoms with van der Waals surface area (Å²) < 4.78 is 49.5. The predicted molar refractivity (Wildman–Crippen MR) is 77.2 cm³/mol. The van der Waals surface area contributed by atoms with Gasteiger partial charge >= 0.3 is 12.2 Å². The summed E-state index contributed by atoms with van der Waals surface area (Å²) in [6.45, 7) is 2.89. The molecule has 128 valence electrons. The highest BCUT2D eigenvalue weighted by molar-refractivity contribution is 5.74. The molecule has 1 aromatic carbocycles. The summed E-state index contributed by atoms with van der Waals surface area (Å²) in [6, 6.07) is 3.28. The molecule has 2 rings (SSSR count). The van der Waals surface area contributed by atoms with Crippen molar-refractivity contribution >= 4 is 6.03 Å². The molecule has 23 heavy (non-hydrogen) atoms. The molecule has 0 unspecified atom stereocenters. The van der Waals surface area contributed by atoms with Gasteiger partial charge in [-0.05, 0) is 24.6 Å². The number of methoxy groups -OCH3 is 1. The average Bonchev–Trinajstić information content (AvgIpc) is 2.51. The zero-order valence-electron chi connectivity index (χ0n) is 12.9. The zero-order chi connectivity index (χ0) is 17.0. The topological polar surface area (TPSA) is 50.8 Å². The third-order valence-corrected chi connectivity index (χ3v) is 3.58. The number of rotatable bonds is 3. The molecule has 1 heterocycles. The van der Waals surface area contributed by atoms with Crippen LogP contribution in [-0.4, -0.2) is 43.8 Å².